The number of nitrogens with zero attached hydrogens (tertiary/aromatic N) is 2. The van der Waals surface area contributed by atoms with Crippen LogP contribution in [0.3, 0.4) is 0 Å². The van der Waals surface area contributed by atoms with Crippen LogP contribution < -0.4 is 5.73 Å². The molecule has 0 aliphatic carbocycles. The number of nitrogens with two attached hydrogens (primary N) is 1. The van der Waals surface area contributed by atoms with Crippen LogP contribution in [0.2, 0.25) is 0 Å². The number of nitro groups is 1. The van der Waals surface area contributed by atoms with Gasteiger partial charge in [-0.15, -0.1) is 0 Å². The Morgan fingerprint density at radius 3 is 2.61 bits per heavy atom. The number of piperidine rings is 1. The molecular weight excluding hydrogens is 322 g/mol. The second-order valence-corrected chi connectivity index (χ2v) is 7.67. The summed E-state index contributed by atoms with van der Waals surface area (Å²) in [6.07, 6.45) is 1.05. The van der Waals surface area contributed by atoms with Crippen molar-refractivity contribution >= 4 is 21.6 Å². The fourth-order valence-electron chi connectivity index (χ4n) is 2.75. The van der Waals surface area contributed by atoms with E-state index in [9.17, 15) is 23.3 Å². The van der Waals surface area contributed by atoms with Gasteiger partial charge in [0.15, 0.2) is 0 Å². The Morgan fingerprint density at radius 2 is 2.04 bits per heavy atom. The SMILES string of the molecule is Cc1ccc([N+](=O)[O-])cc1S(=O)(=O)N1C[C@H](C(N)=O)CC[C@@H]1C. The highest BCUT2D eigenvalue weighted by atomic mass is 32.2. The van der Waals surface area contributed by atoms with E-state index in [2.05, 4.69) is 0 Å². The summed E-state index contributed by atoms with van der Waals surface area (Å²) >= 11 is 0. The maximum absolute atomic E-state index is 12.9. The van der Waals surface area contributed by atoms with Crippen LogP contribution in [0.15, 0.2) is 23.1 Å². The number of amides is 1. The van der Waals surface area contributed by atoms with E-state index in [0.29, 0.717) is 18.4 Å². The van der Waals surface area contributed by atoms with E-state index in [4.69, 9.17) is 5.73 Å². The van der Waals surface area contributed by atoms with Gasteiger partial charge in [-0.3, -0.25) is 14.9 Å². The van der Waals surface area contributed by atoms with Crippen molar-refractivity contribution in [1.82, 2.24) is 4.31 Å². The van der Waals surface area contributed by atoms with Crippen LogP contribution in [-0.4, -0.2) is 36.1 Å². The fraction of sp³-hybridized carbons (Fsp3) is 0.500. The third-order valence-electron chi connectivity index (χ3n) is 4.20. The Kier molecular flexibility index (Phi) is 4.71. The molecule has 0 aromatic heterocycles. The standard InChI is InChI=1S/C14H19N3O5S/c1-9-3-6-12(17(19)20)7-13(9)23(21,22)16-8-11(14(15)18)5-4-10(16)2/h3,6-7,10-11H,4-5,8H2,1-2H3,(H2,15,18)/t10-,11+/m0/s1. The number of benzene rings is 1. The van der Waals surface area contributed by atoms with Crippen molar-refractivity contribution < 1.29 is 18.1 Å². The van der Waals surface area contributed by atoms with E-state index in [1.54, 1.807) is 13.8 Å². The first kappa shape index (κ1) is 17.4. The molecule has 1 amide bonds. The van der Waals surface area contributed by atoms with Crippen LogP contribution in [-0.2, 0) is 14.8 Å². The zero-order valence-electron chi connectivity index (χ0n) is 12.9. The van der Waals surface area contributed by atoms with Gasteiger partial charge in [0.1, 0.15) is 0 Å². The van der Waals surface area contributed by atoms with E-state index in [1.165, 1.54) is 16.4 Å². The van der Waals surface area contributed by atoms with Crippen molar-refractivity contribution in [3.05, 3.63) is 33.9 Å². The van der Waals surface area contributed by atoms with Gasteiger partial charge in [-0.2, -0.15) is 4.31 Å². The second kappa shape index (κ2) is 6.25. The molecule has 1 aliphatic rings. The first-order chi connectivity index (χ1) is 10.6. The maximum Gasteiger partial charge on any atom is 0.270 e. The van der Waals surface area contributed by atoms with Crippen LogP contribution in [0.25, 0.3) is 0 Å². The van der Waals surface area contributed by atoms with Crippen LogP contribution in [0, 0.1) is 23.0 Å². The summed E-state index contributed by atoms with van der Waals surface area (Å²) in [7, 11) is -3.94. The zero-order valence-corrected chi connectivity index (χ0v) is 13.7. The van der Waals surface area contributed by atoms with Gasteiger partial charge in [0.2, 0.25) is 15.9 Å². The summed E-state index contributed by atoms with van der Waals surface area (Å²) in [5, 5.41) is 10.9. The summed E-state index contributed by atoms with van der Waals surface area (Å²) in [4.78, 5) is 21.6. The van der Waals surface area contributed by atoms with E-state index in [-0.39, 0.29) is 23.2 Å². The molecule has 2 rings (SSSR count). The number of hydrogen-bond donors (Lipinski definition) is 1. The molecule has 1 saturated heterocycles. The fourth-order valence-corrected chi connectivity index (χ4v) is 4.70. The summed E-state index contributed by atoms with van der Waals surface area (Å²) < 4.78 is 27.0. The number of aryl methyl sites for hydroxylation is 1. The van der Waals surface area contributed by atoms with E-state index < -0.39 is 26.8 Å². The molecule has 9 heteroatoms. The molecule has 1 aromatic carbocycles. The monoisotopic (exact) mass is 341 g/mol. The van der Waals surface area contributed by atoms with Crippen molar-refractivity contribution in [2.75, 3.05) is 6.54 Å². The highest BCUT2D eigenvalue weighted by Crippen LogP contribution is 2.31. The molecule has 2 N–H and O–H groups in total. The Morgan fingerprint density at radius 1 is 1.39 bits per heavy atom. The molecule has 0 spiro atoms. The number of sulfonamides is 1. The van der Waals surface area contributed by atoms with Gasteiger partial charge in [-0.05, 0) is 32.3 Å². The first-order valence-corrected chi connectivity index (χ1v) is 8.64. The van der Waals surface area contributed by atoms with E-state index in [0.717, 1.165) is 6.07 Å². The predicted octanol–water partition coefficient (Wildman–Crippen LogP) is 1.18. The minimum Gasteiger partial charge on any atom is -0.369 e. The summed E-state index contributed by atoms with van der Waals surface area (Å²) in [6.45, 7) is 3.33. The first-order valence-electron chi connectivity index (χ1n) is 7.20. The smallest absolute Gasteiger partial charge is 0.270 e. The number of carbonyl (C=O) groups is 1. The van der Waals surface area contributed by atoms with Crippen molar-refractivity contribution in [3.8, 4) is 0 Å². The summed E-state index contributed by atoms with van der Waals surface area (Å²) in [5.74, 6) is -1.08. The Labute approximate surface area is 134 Å². The highest BCUT2D eigenvalue weighted by molar-refractivity contribution is 7.89. The lowest BCUT2D eigenvalue weighted by Gasteiger charge is -2.36. The van der Waals surface area contributed by atoms with Crippen molar-refractivity contribution in [3.63, 3.8) is 0 Å². The average molecular weight is 341 g/mol. The molecule has 23 heavy (non-hydrogen) atoms. The number of carbonyl (C=O) groups excluding carboxylic acids is 1. The molecule has 1 aliphatic heterocycles. The van der Waals surface area contributed by atoms with Gasteiger partial charge < -0.3 is 5.73 Å². The maximum atomic E-state index is 12.9. The number of non-ortho nitro benzene ring substituents is 1. The highest BCUT2D eigenvalue weighted by Gasteiger charge is 2.37. The molecule has 8 nitrogen and oxygen atoms in total. The molecule has 1 fully saturated rings. The number of nitro benzene ring substituents is 1. The van der Waals surface area contributed by atoms with Crippen LogP contribution >= 0.6 is 0 Å². The lowest BCUT2D eigenvalue weighted by molar-refractivity contribution is -0.385. The van der Waals surface area contributed by atoms with Gasteiger partial charge in [-0.25, -0.2) is 8.42 Å². The predicted molar refractivity (Wildman–Crippen MR) is 83.1 cm³/mol. The van der Waals surface area contributed by atoms with Gasteiger partial charge in [0, 0.05) is 24.7 Å². The second-order valence-electron chi connectivity index (χ2n) is 5.81. The number of rotatable bonds is 4. The van der Waals surface area contributed by atoms with Crippen molar-refractivity contribution in [2.24, 2.45) is 11.7 Å². The third kappa shape index (κ3) is 3.35. The van der Waals surface area contributed by atoms with Gasteiger partial charge >= 0.3 is 0 Å². The van der Waals surface area contributed by atoms with Gasteiger partial charge in [0.25, 0.3) is 5.69 Å². The molecule has 1 heterocycles. The van der Waals surface area contributed by atoms with Crippen LogP contribution in [0.4, 0.5) is 5.69 Å². The quantitative estimate of drug-likeness (QED) is 0.650. The molecule has 0 saturated carbocycles. The third-order valence-corrected chi connectivity index (χ3v) is 6.32. The molecule has 1 aromatic rings. The van der Waals surface area contributed by atoms with Gasteiger partial charge in [0.05, 0.1) is 15.7 Å². The Bertz CT molecular complexity index is 747. The summed E-state index contributed by atoms with van der Waals surface area (Å²) in [6, 6.07) is 3.44. The molecule has 0 bridgehead atoms. The molecule has 126 valence electrons. The van der Waals surface area contributed by atoms with Crippen LogP contribution in [0.5, 0.6) is 0 Å². The minimum absolute atomic E-state index is 0.000958. The van der Waals surface area contributed by atoms with Crippen molar-refractivity contribution in [2.45, 2.75) is 37.6 Å². The molecular formula is C14H19N3O5S. The molecule has 0 unspecified atom stereocenters. The topological polar surface area (TPSA) is 124 Å². The molecule has 0 radical (unpaired) electrons. The Balaban J connectivity index is 2.46. The normalized spacial score (nSPS) is 22.7. The van der Waals surface area contributed by atoms with E-state index in [1.807, 2.05) is 0 Å². The Hall–Kier alpha value is -2.00. The lowest BCUT2D eigenvalue weighted by atomic mass is 9.95. The minimum atomic E-state index is -3.94. The van der Waals surface area contributed by atoms with E-state index >= 15 is 0 Å². The summed E-state index contributed by atoms with van der Waals surface area (Å²) in [5.41, 5.74) is 5.43. The van der Waals surface area contributed by atoms with Gasteiger partial charge in [-0.1, -0.05) is 6.07 Å². The number of hydrogen-bond acceptors (Lipinski definition) is 5. The average Bonchev–Trinajstić information content (AvgIpc) is 2.47. The lowest BCUT2D eigenvalue weighted by Crippen LogP contribution is -2.48. The van der Waals surface area contributed by atoms with Crippen molar-refractivity contribution in [1.29, 1.82) is 0 Å². The van der Waals surface area contributed by atoms with Crippen LogP contribution in [0.1, 0.15) is 25.3 Å². The molecule has 2 atom stereocenters. The number of primary amides is 1. The largest absolute Gasteiger partial charge is 0.369 e. The zero-order chi connectivity index (χ0) is 17.4.